The molecule has 0 amide bonds. The molecule has 5 heteroatoms. The Kier molecular flexibility index (Phi) is 8.41. The maximum absolute atomic E-state index is 8.96. The van der Waals surface area contributed by atoms with Gasteiger partial charge < -0.3 is 9.94 Å². The van der Waals surface area contributed by atoms with Crippen LogP contribution in [0.5, 0.6) is 5.75 Å². The molecule has 2 rings (SSSR count). The van der Waals surface area contributed by atoms with Crippen LogP contribution in [0.15, 0.2) is 48.5 Å². The molecule has 0 saturated carbocycles. The predicted octanol–water partition coefficient (Wildman–Crippen LogP) is 4.38. The molecule has 5 nitrogen and oxygen atoms in total. The molecule has 0 spiro atoms. The molecule has 0 atom stereocenters. The SMILES string of the molecule is CC(C)(C)ON.CC(C)c1cccc(NOc2ccc(CO)cc2)c1. The third-order valence-electron chi connectivity index (χ3n) is 3.30. The van der Waals surface area contributed by atoms with Gasteiger partial charge in [0, 0.05) is 0 Å². The summed E-state index contributed by atoms with van der Waals surface area (Å²) in [7, 11) is 0. The fourth-order valence-corrected chi connectivity index (χ4v) is 1.74. The van der Waals surface area contributed by atoms with Crippen LogP contribution in [-0.4, -0.2) is 10.7 Å². The van der Waals surface area contributed by atoms with E-state index in [0.29, 0.717) is 11.7 Å². The van der Waals surface area contributed by atoms with E-state index in [2.05, 4.69) is 36.3 Å². The van der Waals surface area contributed by atoms with Gasteiger partial charge in [0.1, 0.15) is 0 Å². The van der Waals surface area contributed by atoms with Crippen LogP contribution in [0, 0.1) is 0 Å². The third kappa shape index (κ3) is 8.54. The van der Waals surface area contributed by atoms with E-state index in [1.807, 2.05) is 57.2 Å². The predicted molar refractivity (Wildman–Crippen MR) is 102 cm³/mol. The van der Waals surface area contributed by atoms with Crippen molar-refractivity contribution < 1.29 is 14.8 Å². The van der Waals surface area contributed by atoms with Crippen LogP contribution < -0.4 is 16.2 Å². The van der Waals surface area contributed by atoms with Crippen molar-refractivity contribution in [3.63, 3.8) is 0 Å². The van der Waals surface area contributed by atoms with E-state index in [1.165, 1.54) is 5.56 Å². The van der Waals surface area contributed by atoms with Gasteiger partial charge in [-0.3, -0.25) is 4.84 Å². The fraction of sp³-hybridized carbons (Fsp3) is 0.400. The monoisotopic (exact) mass is 346 g/mol. The number of hydrogen-bond donors (Lipinski definition) is 3. The number of anilines is 1. The number of aliphatic hydroxyl groups is 1. The maximum atomic E-state index is 8.96. The van der Waals surface area contributed by atoms with Gasteiger partial charge in [0.2, 0.25) is 0 Å². The van der Waals surface area contributed by atoms with E-state index in [9.17, 15) is 0 Å². The van der Waals surface area contributed by atoms with Gasteiger partial charge in [-0.2, -0.15) is 0 Å². The van der Waals surface area contributed by atoms with Crippen LogP contribution in [0.2, 0.25) is 0 Å². The summed E-state index contributed by atoms with van der Waals surface area (Å²) in [6.45, 7) is 10.1. The summed E-state index contributed by atoms with van der Waals surface area (Å²) in [5.74, 6) is 6.01. The summed E-state index contributed by atoms with van der Waals surface area (Å²) >= 11 is 0. The summed E-state index contributed by atoms with van der Waals surface area (Å²) in [5, 5.41) is 8.96. The van der Waals surface area contributed by atoms with Gasteiger partial charge in [-0.25, -0.2) is 11.4 Å². The highest BCUT2D eigenvalue weighted by molar-refractivity contribution is 5.45. The number of rotatable bonds is 5. The van der Waals surface area contributed by atoms with Gasteiger partial charge in [-0.05, 0) is 62.1 Å². The van der Waals surface area contributed by atoms with Gasteiger partial charge in [-0.1, -0.05) is 38.1 Å². The molecular weight excluding hydrogens is 316 g/mol. The number of nitrogens with two attached hydrogens (primary N) is 1. The number of hydrogen-bond acceptors (Lipinski definition) is 5. The van der Waals surface area contributed by atoms with Crippen molar-refractivity contribution in [2.45, 2.75) is 52.7 Å². The normalized spacial score (nSPS) is 10.9. The first-order valence-corrected chi connectivity index (χ1v) is 8.35. The lowest BCUT2D eigenvalue weighted by molar-refractivity contribution is -0.00428. The van der Waals surface area contributed by atoms with Crippen molar-refractivity contribution in [2.75, 3.05) is 5.48 Å². The highest BCUT2D eigenvalue weighted by Gasteiger charge is 2.05. The average Bonchev–Trinajstić information content (AvgIpc) is 2.60. The lowest BCUT2D eigenvalue weighted by Gasteiger charge is -2.12. The Morgan fingerprint density at radius 3 is 2.16 bits per heavy atom. The Bertz CT molecular complexity index is 620. The van der Waals surface area contributed by atoms with Gasteiger partial charge in [0.05, 0.1) is 17.9 Å². The van der Waals surface area contributed by atoms with Crippen LogP contribution in [0.25, 0.3) is 0 Å². The first kappa shape index (κ1) is 21.0. The molecule has 0 aliphatic rings. The second-order valence-electron chi connectivity index (χ2n) is 7.02. The minimum absolute atomic E-state index is 0.0458. The summed E-state index contributed by atoms with van der Waals surface area (Å²) < 4.78 is 0. The van der Waals surface area contributed by atoms with Gasteiger partial charge in [0.25, 0.3) is 0 Å². The molecule has 4 N–H and O–H groups in total. The molecule has 138 valence electrons. The number of aliphatic hydroxyl groups excluding tert-OH is 1. The second-order valence-corrected chi connectivity index (χ2v) is 7.02. The molecule has 0 fully saturated rings. The second kappa shape index (κ2) is 10.0. The molecule has 0 radical (unpaired) electrons. The first-order valence-electron chi connectivity index (χ1n) is 8.35. The Morgan fingerprint density at radius 1 is 1.08 bits per heavy atom. The quantitative estimate of drug-likeness (QED) is 0.700. The smallest absolute Gasteiger partial charge is 0.155 e. The molecule has 2 aromatic carbocycles. The van der Waals surface area contributed by atoms with Crippen LogP contribution in [0.4, 0.5) is 5.69 Å². The van der Waals surface area contributed by atoms with E-state index in [0.717, 1.165) is 11.3 Å². The van der Waals surface area contributed by atoms with Crippen molar-refractivity contribution in [1.29, 1.82) is 0 Å². The van der Waals surface area contributed by atoms with Gasteiger partial charge in [-0.15, -0.1) is 0 Å². The van der Waals surface area contributed by atoms with E-state index in [1.54, 1.807) is 0 Å². The molecule has 0 bridgehead atoms. The Hall–Kier alpha value is -2.08. The van der Waals surface area contributed by atoms with Crippen LogP contribution in [0.3, 0.4) is 0 Å². The minimum Gasteiger partial charge on any atom is -0.392 e. The standard InChI is InChI=1S/C16H19NO2.C4H11NO/c1-12(2)14-4-3-5-15(10-14)17-19-16-8-6-13(11-18)7-9-16;1-4(2,3)6-5/h3-10,12,17-18H,11H2,1-2H3;5H2,1-3H3. The number of nitrogens with one attached hydrogen (secondary N) is 1. The zero-order valence-electron chi connectivity index (χ0n) is 15.7. The highest BCUT2D eigenvalue weighted by atomic mass is 16.6. The topological polar surface area (TPSA) is 76.7 Å². The first-order chi connectivity index (χ1) is 11.7. The zero-order chi connectivity index (χ0) is 18.9. The largest absolute Gasteiger partial charge is 0.392 e. The van der Waals surface area contributed by atoms with Gasteiger partial charge in [0.15, 0.2) is 5.75 Å². The minimum atomic E-state index is -0.181. The number of benzene rings is 2. The zero-order valence-corrected chi connectivity index (χ0v) is 15.7. The molecule has 0 aliphatic carbocycles. The van der Waals surface area contributed by atoms with Gasteiger partial charge >= 0.3 is 0 Å². The average molecular weight is 346 g/mol. The lowest BCUT2D eigenvalue weighted by Crippen LogP contribution is -2.22. The van der Waals surface area contributed by atoms with Crippen LogP contribution in [-0.2, 0) is 11.4 Å². The maximum Gasteiger partial charge on any atom is 0.155 e. The van der Waals surface area contributed by atoms with E-state index < -0.39 is 0 Å². The fourth-order valence-electron chi connectivity index (χ4n) is 1.74. The van der Waals surface area contributed by atoms with Crippen molar-refractivity contribution in [2.24, 2.45) is 5.90 Å². The van der Waals surface area contributed by atoms with Crippen molar-refractivity contribution in [3.05, 3.63) is 59.7 Å². The summed E-state index contributed by atoms with van der Waals surface area (Å²) in [6.07, 6.45) is 0. The van der Waals surface area contributed by atoms with Crippen molar-refractivity contribution in [3.8, 4) is 5.75 Å². The molecule has 0 heterocycles. The Labute approximate surface area is 150 Å². The Balaban J connectivity index is 0.000000450. The van der Waals surface area contributed by atoms with Crippen LogP contribution >= 0.6 is 0 Å². The van der Waals surface area contributed by atoms with E-state index >= 15 is 0 Å². The van der Waals surface area contributed by atoms with E-state index in [-0.39, 0.29) is 12.2 Å². The molecule has 0 saturated heterocycles. The lowest BCUT2D eigenvalue weighted by atomic mass is 10.0. The molecular formula is C20H30N2O3. The molecule has 25 heavy (non-hydrogen) atoms. The van der Waals surface area contributed by atoms with Crippen LogP contribution in [0.1, 0.15) is 51.7 Å². The summed E-state index contributed by atoms with van der Waals surface area (Å²) in [6, 6.07) is 15.5. The molecule has 0 unspecified atom stereocenters. The third-order valence-corrected chi connectivity index (χ3v) is 3.30. The van der Waals surface area contributed by atoms with Crippen molar-refractivity contribution in [1.82, 2.24) is 0 Å². The molecule has 0 aliphatic heterocycles. The summed E-state index contributed by atoms with van der Waals surface area (Å²) in [4.78, 5) is 9.93. The highest BCUT2D eigenvalue weighted by Crippen LogP contribution is 2.19. The van der Waals surface area contributed by atoms with E-state index in [4.69, 9.17) is 15.8 Å². The summed E-state index contributed by atoms with van der Waals surface area (Å²) in [5.41, 5.74) is 5.82. The Morgan fingerprint density at radius 2 is 1.68 bits per heavy atom. The molecule has 0 aromatic heterocycles. The molecule has 2 aromatic rings. The van der Waals surface area contributed by atoms with Crippen molar-refractivity contribution >= 4 is 5.69 Å².